The van der Waals surface area contributed by atoms with E-state index in [0.29, 0.717) is 6.04 Å². The molecule has 1 unspecified atom stereocenters. The van der Waals surface area contributed by atoms with Crippen LogP contribution in [-0.4, -0.2) is 43.1 Å². The Labute approximate surface area is 56.3 Å². The molecule has 1 atom stereocenters. The Bertz CT molecular complexity index is 69.5. The van der Waals surface area contributed by atoms with Gasteiger partial charge in [0.05, 0.1) is 0 Å². The molecule has 0 spiro atoms. The molecule has 0 bridgehead atoms. The van der Waals surface area contributed by atoms with Crippen molar-refractivity contribution in [1.29, 1.82) is 0 Å². The van der Waals surface area contributed by atoms with Crippen molar-refractivity contribution in [2.75, 3.05) is 26.7 Å². The molecule has 1 aliphatic heterocycles. The molecule has 0 aromatic rings. The second-order valence-corrected chi connectivity index (χ2v) is 2.62. The third kappa shape index (κ3) is 2.79. The molecule has 0 aromatic heterocycles. The van der Waals surface area contributed by atoms with Crippen LogP contribution in [0.4, 0.5) is 0 Å². The van der Waals surface area contributed by atoms with Gasteiger partial charge in [0.1, 0.15) is 0 Å². The first kappa shape index (κ1) is 8.88. The summed E-state index contributed by atoms with van der Waals surface area (Å²) in [6, 6.07) is 0.689. The highest BCUT2D eigenvalue weighted by Crippen LogP contribution is 1.92. The fourth-order valence-electron chi connectivity index (χ4n) is 1.13. The van der Waals surface area contributed by atoms with Crippen LogP contribution in [0.1, 0.15) is 6.92 Å². The van der Waals surface area contributed by atoms with E-state index in [-0.39, 0.29) is 5.48 Å². The third-order valence-electron chi connectivity index (χ3n) is 1.57. The average molecular weight is 132 g/mol. The number of nitrogens with one attached hydrogen (secondary N) is 1. The van der Waals surface area contributed by atoms with Crippen molar-refractivity contribution in [1.82, 2.24) is 10.2 Å². The van der Waals surface area contributed by atoms with Crippen LogP contribution in [0.15, 0.2) is 0 Å². The summed E-state index contributed by atoms with van der Waals surface area (Å²) in [6.07, 6.45) is 0. The fourth-order valence-corrected chi connectivity index (χ4v) is 1.13. The van der Waals surface area contributed by atoms with Crippen LogP contribution in [0.5, 0.6) is 0 Å². The van der Waals surface area contributed by atoms with E-state index in [4.69, 9.17) is 0 Å². The average Bonchev–Trinajstić information content (AvgIpc) is 1.64. The summed E-state index contributed by atoms with van der Waals surface area (Å²) >= 11 is 0. The monoisotopic (exact) mass is 132 g/mol. The Morgan fingerprint density at radius 2 is 2.22 bits per heavy atom. The van der Waals surface area contributed by atoms with Crippen molar-refractivity contribution in [3.63, 3.8) is 0 Å². The van der Waals surface area contributed by atoms with Crippen LogP contribution in [0, 0.1) is 0 Å². The molecule has 1 fully saturated rings. The van der Waals surface area contributed by atoms with Gasteiger partial charge in [-0.2, -0.15) is 0 Å². The predicted molar refractivity (Wildman–Crippen MR) is 38.6 cm³/mol. The lowest BCUT2D eigenvalue weighted by Crippen LogP contribution is -2.47. The van der Waals surface area contributed by atoms with E-state index in [1.165, 1.54) is 13.1 Å². The summed E-state index contributed by atoms with van der Waals surface area (Å²) in [7, 11) is 2.16. The predicted octanol–water partition coefficient (Wildman–Crippen LogP) is -0.915. The van der Waals surface area contributed by atoms with E-state index in [1.54, 1.807) is 0 Å². The fraction of sp³-hybridized carbons (Fsp3) is 1.00. The molecule has 3 heteroatoms. The van der Waals surface area contributed by atoms with Gasteiger partial charge in [0.15, 0.2) is 0 Å². The lowest BCUT2D eigenvalue weighted by molar-refractivity contribution is 0.248. The smallest absolute Gasteiger partial charge is 0.0167 e. The Morgan fingerprint density at radius 3 is 2.56 bits per heavy atom. The number of piperazine rings is 1. The van der Waals surface area contributed by atoms with Gasteiger partial charge in [0, 0.05) is 25.7 Å². The van der Waals surface area contributed by atoms with Crippen LogP contribution in [0.25, 0.3) is 0 Å². The normalized spacial score (nSPS) is 29.3. The zero-order valence-electron chi connectivity index (χ0n) is 6.15. The zero-order valence-corrected chi connectivity index (χ0v) is 6.15. The Morgan fingerprint density at radius 1 is 1.56 bits per heavy atom. The minimum absolute atomic E-state index is 0. The third-order valence-corrected chi connectivity index (χ3v) is 1.57. The van der Waals surface area contributed by atoms with Crippen LogP contribution < -0.4 is 5.32 Å². The number of rotatable bonds is 0. The molecule has 0 amide bonds. The number of likely N-dealkylation sites (N-methyl/N-ethyl adjacent to an activating group) is 1. The molecular weight excluding hydrogens is 116 g/mol. The van der Waals surface area contributed by atoms with E-state index >= 15 is 0 Å². The summed E-state index contributed by atoms with van der Waals surface area (Å²) in [5, 5.41) is 3.37. The number of nitrogens with zero attached hydrogens (tertiary/aromatic N) is 1. The zero-order chi connectivity index (χ0) is 5.98. The first-order chi connectivity index (χ1) is 3.79. The van der Waals surface area contributed by atoms with Gasteiger partial charge >= 0.3 is 0 Å². The topological polar surface area (TPSA) is 46.8 Å². The second-order valence-electron chi connectivity index (χ2n) is 2.62. The molecule has 1 saturated heterocycles. The van der Waals surface area contributed by atoms with Gasteiger partial charge in [-0.15, -0.1) is 0 Å². The standard InChI is InChI=1S/C6H14N2.H2O/c1-6-5-8(2)4-3-7-6;/h6-7H,3-5H2,1-2H3;1H2. The first-order valence-electron chi connectivity index (χ1n) is 3.21. The molecule has 9 heavy (non-hydrogen) atoms. The highest BCUT2D eigenvalue weighted by atomic mass is 16.0. The van der Waals surface area contributed by atoms with Crippen LogP contribution in [-0.2, 0) is 0 Å². The summed E-state index contributed by atoms with van der Waals surface area (Å²) in [5.41, 5.74) is 0. The SMILES string of the molecule is CC1CN(C)CCN1.O. The van der Waals surface area contributed by atoms with Crippen LogP contribution >= 0.6 is 0 Å². The first-order valence-corrected chi connectivity index (χ1v) is 3.21. The van der Waals surface area contributed by atoms with E-state index in [0.717, 1.165) is 6.54 Å². The van der Waals surface area contributed by atoms with E-state index in [2.05, 4.69) is 24.2 Å². The Balaban J connectivity index is 0.000000640. The van der Waals surface area contributed by atoms with E-state index in [1.807, 2.05) is 0 Å². The van der Waals surface area contributed by atoms with Gasteiger partial charge in [-0.25, -0.2) is 0 Å². The second kappa shape index (κ2) is 3.82. The Hall–Kier alpha value is -0.120. The van der Waals surface area contributed by atoms with Crippen molar-refractivity contribution in [2.24, 2.45) is 0 Å². The Kier molecular flexibility index (Phi) is 3.77. The lowest BCUT2D eigenvalue weighted by Gasteiger charge is -2.28. The molecule has 0 aliphatic carbocycles. The maximum absolute atomic E-state index is 3.37. The van der Waals surface area contributed by atoms with Gasteiger partial charge in [-0.1, -0.05) is 0 Å². The molecule has 56 valence electrons. The summed E-state index contributed by atoms with van der Waals surface area (Å²) < 4.78 is 0. The minimum atomic E-state index is 0. The minimum Gasteiger partial charge on any atom is -0.412 e. The van der Waals surface area contributed by atoms with Crippen LogP contribution in [0.2, 0.25) is 0 Å². The van der Waals surface area contributed by atoms with Gasteiger partial charge in [-0.05, 0) is 14.0 Å². The number of hydrogen-bond donors (Lipinski definition) is 1. The quantitative estimate of drug-likeness (QED) is 0.463. The van der Waals surface area contributed by atoms with Crippen molar-refractivity contribution in [3.05, 3.63) is 0 Å². The molecule has 0 radical (unpaired) electrons. The van der Waals surface area contributed by atoms with Crippen molar-refractivity contribution >= 4 is 0 Å². The summed E-state index contributed by atoms with van der Waals surface area (Å²) in [5.74, 6) is 0. The molecule has 1 aliphatic rings. The molecule has 0 aromatic carbocycles. The highest BCUT2D eigenvalue weighted by Gasteiger charge is 2.09. The van der Waals surface area contributed by atoms with Crippen molar-refractivity contribution in [2.45, 2.75) is 13.0 Å². The lowest BCUT2D eigenvalue weighted by atomic mass is 10.2. The van der Waals surface area contributed by atoms with Crippen LogP contribution in [0.3, 0.4) is 0 Å². The maximum Gasteiger partial charge on any atom is 0.0167 e. The summed E-state index contributed by atoms with van der Waals surface area (Å²) in [6.45, 7) is 5.76. The molecule has 3 N–H and O–H groups in total. The molecule has 3 nitrogen and oxygen atoms in total. The highest BCUT2D eigenvalue weighted by molar-refractivity contribution is 4.71. The van der Waals surface area contributed by atoms with Crippen molar-refractivity contribution in [3.8, 4) is 0 Å². The van der Waals surface area contributed by atoms with Crippen molar-refractivity contribution < 1.29 is 5.48 Å². The largest absolute Gasteiger partial charge is 0.412 e. The van der Waals surface area contributed by atoms with Gasteiger partial charge < -0.3 is 15.7 Å². The van der Waals surface area contributed by atoms with E-state index < -0.39 is 0 Å². The molecule has 0 saturated carbocycles. The van der Waals surface area contributed by atoms with Gasteiger partial charge in [0.25, 0.3) is 0 Å². The molecule has 1 rings (SSSR count). The maximum atomic E-state index is 3.37. The summed E-state index contributed by atoms with van der Waals surface area (Å²) in [4.78, 5) is 2.35. The van der Waals surface area contributed by atoms with Gasteiger partial charge in [-0.3, -0.25) is 0 Å². The molecule has 1 heterocycles. The molecular formula is C6H16N2O. The number of hydrogen-bond acceptors (Lipinski definition) is 2. The van der Waals surface area contributed by atoms with Gasteiger partial charge in [0.2, 0.25) is 0 Å². The van der Waals surface area contributed by atoms with E-state index in [9.17, 15) is 0 Å².